The minimum Gasteiger partial charge on any atom is -0.286 e. The lowest BCUT2D eigenvalue weighted by atomic mass is 9.60. The molecule has 1 aromatic carbocycles. The normalized spacial score (nSPS) is 33.3. The van der Waals surface area contributed by atoms with Gasteiger partial charge in [0.1, 0.15) is 0 Å². The van der Waals surface area contributed by atoms with Crippen LogP contribution in [0.15, 0.2) is 30.3 Å². The highest BCUT2D eigenvalue weighted by atomic mass is 32.2. The van der Waals surface area contributed by atoms with Gasteiger partial charge in [-0.15, -0.1) is 0 Å². The molecule has 1 N–H and O–H groups in total. The highest BCUT2D eigenvalue weighted by Crippen LogP contribution is 2.66. The van der Waals surface area contributed by atoms with Crippen LogP contribution in [0.5, 0.6) is 0 Å². The Morgan fingerprint density at radius 2 is 1.19 bits per heavy atom. The van der Waals surface area contributed by atoms with Crippen molar-refractivity contribution in [2.45, 2.75) is 147 Å². The molecule has 0 saturated heterocycles. The van der Waals surface area contributed by atoms with Gasteiger partial charge in [-0.25, -0.2) is 0 Å². The van der Waals surface area contributed by atoms with Crippen LogP contribution >= 0.6 is 0 Å². The van der Waals surface area contributed by atoms with Crippen molar-refractivity contribution < 1.29 is 13.0 Å². The zero-order chi connectivity index (χ0) is 28.0. The van der Waals surface area contributed by atoms with Crippen molar-refractivity contribution in [3.05, 3.63) is 35.9 Å². The molecule has 4 fully saturated rings. The SMILES string of the molecule is C.C.C.C.CCCCCCCCCCC1C[C@H]2C[C@@H]1C(C1C(C)[C@H]3C[C@@H]1CC3CCc1ccccc1)C2C.CS(=O)(=O)O. The van der Waals surface area contributed by atoms with E-state index in [0.717, 1.165) is 59.2 Å². The number of benzene rings is 1. The Kier molecular flexibility index (Phi) is 19.2. The van der Waals surface area contributed by atoms with Crippen LogP contribution in [-0.4, -0.2) is 19.2 Å². The molecule has 6 unspecified atom stereocenters. The van der Waals surface area contributed by atoms with E-state index in [2.05, 4.69) is 51.1 Å². The first-order valence-electron chi connectivity index (χ1n) is 16.6. The van der Waals surface area contributed by atoms with E-state index in [-0.39, 0.29) is 29.7 Å². The van der Waals surface area contributed by atoms with E-state index in [0.29, 0.717) is 6.26 Å². The Labute approximate surface area is 270 Å². The lowest BCUT2D eigenvalue weighted by Crippen LogP contribution is -2.39. The van der Waals surface area contributed by atoms with Crippen LogP contribution in [0.4, 0.5) is 0 Å². The molecule has 0 radical (unpaired) electrons. The first kappa shape index (κ1) is 42.1. The Morgan fingerprint density at radius 3 is 1.74 bits per heavy atom. The van der Waals surface area contributed by atoms with Crippen molar-refractivity contribution in [3.63, 3.8) is 0 Å². The fourth-order valence-corrected chi connectivity index (χ4v) is 10.2. The van der Waals surface area contributed by atoms with Crippen molar-refractivity contribution in [1.82, 2.24) is 0 Å². The van der Waals surface area contributed by atoms with Gasteiger partial charge in [-0.05, 0) is 103 Å². The summed E-state index contributed by atoms with van der Waals surface area (Å²) < 4.78 is 25.9. The van der Waals surface area contributed by atoms with Gasteiger partial charge in [-0.3, -0.25) is 4.55 Å². The zero-order valence-electron chi connectivity index (χ0n) is 25.4. The van der Waals surface area contributed by atoms with Gasteiger partial charge in [-0.1, -0.05) is 139 Å². The van der Waals surface area contributed by atoms with Gasteiger partial charge in [-0.2, -0.15) is 8.42 Å². The minimum absolute atomic E-state index is 0. The van der Waals surface area contributed by atoms with E-state index in [1.54, 1.807) is 37.7 Å². The molecule has 3 nitrogen and oxygen atoms in total. The van der Waals surface area contributed by atoms with Crippen LogP contribution in [0.3, 0.4) is 0 Å². The smallest absolute Gasteiger partial charge is 0.261 e. The van der Waals surface area contributed by atoms with E-state index in [1.807, 2.05) is 0 Å². The van der Waals surface area contributed by atoms with Crippen LogP contribution < -0.4 is 0 Å². The second-order valence-corrected chi connectivity index (χ2v) is 15.7. The lowest BCUT2D eigenvalue weighted by Gasteiger charge is -2.45. The maximum Gasteiger partial charge on any atom is 0.261 e. The Balaban J connectivity index is 0.00000182. The van der Waals surface area contributed by atoms with E-state index in [4.69, 9.17) is 4.55 Å². The molecular weight excluding hydrogens is 548 g/mol. The van der Waals surface area contributed by atoms with Gasteiger partial charge < -0.3 is 0 Å². The Bertz CT molecular complexity index is 950. The van der Waals surface area contributed by atoms with E-state index in [9.17, 15) is 8.42 Å². The maximum atomic E-state index is 9.19. The van der Waals surface area contributed by atoms with Crippen LogP contribution in [0.2, 0.25) is 0 Å². The molecule has 0 heterocycles. The summed E-state index contributed by atoms with van der Waals surface area (Å²) in [6, 6.07) is 11.3. The van der Waals surface area contributed by atoms with Gasteiger partial charge in [0.05, 0.1) is 6.26 Å². The first-order chi connectivity index (χ1) is 18.7. The van der Waals surface area contributed by atoms with Crippen molar-refractivity contribution in [2.24, 2.45) is 59.2 Å². The Hall–Kier alpha value is -0.870. The molecule has 0 aromatic heterocycles. The van der Waals surface area contributed by atoms with Gasteiger partial charge >= 0.3 is 0 Å². The highest BCUT2D eigenvalue weighted by Gasteiger charge is 2.59. The van der Waals surface area contributed by atoms with Crippen molar-refractivity contribution >= 4 is 10.1 Å². The standard InChI is InChI=1S/C34H54.CH4O3S.4CH4/c1-4-5-6-7-8-9-10-14-17-27-20-29-22-32(27)34(24(29)2)33-25(3)31-23-30(33)21-28(31)19-18-26-15-12-11-13-16-26;1-5(2,3)4;;;;/h11-13,15-16,24-25,27-34H,4-10,14,17-23H2,1-3H3;1H3,(H,2,3,4);4*1H4/t24?,25?,27?,28?,29-,30-,31+,32-,33?,34?;;;;;/m0...../s1. The molecule has 1 aromatic rings. The van der Waals surface area contributed by atoms with E-state index >= 15 is 0 Å². The summed E-state index contributed by atoms with van der Waals surface area (Å²) in [6.45, 7) is 7.69. The fraction of sp³-hybridized carbons (Fsp3) is 0.846. The molecule has 0 aliphatic heterocycles. The second-order valence-electron chi connectivity index (χ2n) is 14.2. The lowest BCUT2D eigenvalue weighted by molar-refractivity contribution is 0.0329. The zero-order valence-corrected chi connectivity index (χ0v) is 26.3. The van der Waals surface area contributed by atoms with Crippen LogP contribution in [0, 0.1) is 59.2 Å². The van der Waals surface area contributed by atoms with Crippen molar-refractivity contribution in [3.8, 4) is 0 Å². The second kappa shape index (κ2) is 19.6. The summed E-state index contributed by atoms with van der Waals surface area (Å²) in [7, 11) is -3.67. The molecule has 43 heavy (non-hydrogen) atoms. The summed E-state index contributed by atoms with van der Waals surface area (Å²) in [5.41, 5.74) is 1.56. The molecule has 4 heteroatoms. The summed E-state index contributed by atoms with van der Waals surface area (Å²) in [6.07, 6.45) is 23.2. The number of aryl methyl sites for hydroxylation is 1. The van der Waals surface area contributed by atoms with Gasteiger partial charge in [0.2, 0.25) is 0 Å². The predicted octanol–water partition coefficient (Wildman–Crippen LogP) is 12.0. The average molecular weight is 623 g/mol. The number of unbranched alkanes of at least 4 members (excludes halogenated alkanes) is 7. The topological polar surface area (TPSA) is 54.4 Å². The van der Waals surface area contributed by atoms with Crippen molar-refractivity contribution in [2.75, 3.05) is 6.26 Å². The van der Waals surface area contributed by atoms with Crippen LogP contribution in [0.1, 0.15) is 146 Å². The molecule has 0 amide bonds. The summed E-state index contributed by atoms with van der Waals surface area (Å²) >= 11 is 0. The predicted molar refractivity (Wildman–Crippen MR) is 191 cm³/mol. The van der Waals surface area contributed by atoms with Gasteiger partial charge in [0, 0.05) is 0 Å². The Morgan fingerprint density at radius 1 is 0.674 bits per heavy atom. The first-order valence-corrected chi connectivity index (χ1v) is 18.5. The molecule has 4 aliphatic carbocycles. The molecule has 5 rings (SSSR count). The third-order valence-electron chi connectivity index (χ3n) is 11.8. The molecule has 4 aliphatic rings. The van der Waals surface area contributed by atoms with E-state index in [1.165, 1.54) is 64.2 Å². The summed E-state index contributed by atoms with van der Waals surface area (Å²) in [4.78, 5) is 0. The minimum atomic E-state index is -3.67. The molecule has 4 bridgehead atoms. The number of hydrogen-bond acceptors (Lipinski definition) is 2. The quantitative estimate of drug-likeness (QED) is 0.176. The molecular formula is C39H74O3S. The summed E-state index contributed by atoms with van der Waals surface area (Å²) in [5, 5.41) is 0. The molecule has 10 atom stereocenters. The molecule has 4 saturated carbocycles. The third-order valence-corrected chi connectivity index (χ3v) is 11.8. The number of hydrogen-bond donors (Lipinski definition) is 1. The largest absolute Gasteiger partial charge is 0.286 e. The number of rotatable bonds is 13. The van der Waals surface area contributed by atoms with Gasteiger partial charge in [0.25, 0.3) is 10.1 Å². The monoisotopic (exact) mass is 623 g/mol. The molecule has 0 spiro atoms. The summed E-state index contributed by atoms with van der Waals surface area (Å²) in [5.74, 6) is 10.6. The maximum absolute atomic E-state index is 9.19. The number of fused-ring (bicyclic) bond motifs is 4. The van der Waals surface area contributed by atoms with Gasteiger partial charge in [0.15, 0.2) is 0 Å². The van der Waals surface area contributed by atoms with Crippen molar-refractivity contribution in [1.29, 1.82) is 0 Å². The van der Waals surface area contributed by atoms with E-state index < -0.39 is 10.1 Å². The van der Waals surface area contributed by atoms with Crippen LogP contribution in [-0.2, 0) is 16.5 Å². The molecule has 254 valence electrons. The highest BCUT2D eigenvalue weighted by molar-refractivity contribution is 7.85. The van der Waals surface area contributed by atoms with Crippen LogP contribution in [0.25, 0.3) is 0 Å². The third kappa shape index (κ3) is 11.5. The average Bonchev–Trinajstić information content (AvgIpc) is 3.64. The fourth-order valence-electron chi connectivity index (χ4n) is 10.2.